The van der Waals surface area contributed by atoms with Crippen LogP contribution in [-0.4, -0.2) is 42.5 Å². The molecule has 1 N–H and O–H groups in total. The number of ether oxygens (including phenoxy) is 2. The van der Waals surface area contributed by atoms with E-state index in [0.717, 1.165) is 29.7 Å². The van der Waals surface area contributed by atoms with Crippen molar-refractivity contribution in [1.29, 1.82) is 0 Å². The van der Waals surface area contributed by atoms with Gasteiger partial charge in [0, 0.05) is 18.2 Å². The summed E-state index contributed by atoms with van der Waals surface area (Å²) in [5, 5.41) is 3.31. The van der Waals surface area contributed by atoms with E-state index >= 15 is 0 Å². The number of rotatable bonds is 9. The molecule has 4 atom stereocenters. The van der Waals surface area contributed by atoms with Gasteiger partial charge in [-0.15, -0.1) is 0 Å². The third-order valence-corrected chi connectivity index (χ3v) is 7.59. The molecule has 2 aromatic carbocycles. The average Bonchev–Trinajstić information content (AvgIpc) is 3.14. The quantitative estimate of drug-likeness (QED) is 0.540. The van der Waals surface area contributed by atoms with Crippen LogP contribution in [0, 0.1) is 11.8 Å². The van der Waals surface area contributed by atoms with Gasteiger partial charge in [-0.2, -0.15) is 0 Å². The monoisotopic (exact) mass is 478 g/mol. The van der Waals surface area contributed by atoms with Crippen molar-refractivity contribution >= 4 is 11.8 Å². The molecule has 0 unspecified atom stereocenters. The Morgan fingerprint density at radius 3 is 2.54 bits per heavy atom. The van der Waals surface area contributed by atoms with Crippen molar-refractivity contribution < 1.29 is 19.1 Å². The van der Waals surface area contributed by atoms with Crippen LogP contribution >= 0.6 is 0 Å². The van der Waals surface area contributed by atoms with Gasteiger partial charge in [-0.25, -0.2) is 0 Å². The first-order valence-electron chi connectivity index (χ1n) is 13.0. The smallest absolute Gasteiger partial charge is 0.255 e. The van der Waals surface area contributed by atoms with E-state index in [0.29, 0.717) is 49.3 Å². The molecule has 188 valence electrons. The third kappa shape index (κ3) is 5.31. The summed E-state index contributed by atoms with van der Waals surface area (Å²) >= 11 is 0. The van der Waals surface area contributed by atoms with Gasteiger partial charge in [0.2, 0.25) is 5.91 Å². The predicted molar refractivity (Wildman–Crippen MR) is 137 cm³/mol. The number of fused-ring (bicyclic) bond motifs is 1. The first kappa shape index (κ1) is 25.1. The Balaban J connectivity index is 1.53. The Bertz CT molecular complexity index is 1050. The fraction of sp³-hybridized carbons (Fsp3) is 0.517. The van der Waals surface area contributed by atoms with Gasteiger partial charge in [-0.3, -0.25) is 9.59 Å². The molecule has 1 aliphatic carbocycles. The van der Waals surface area contributed by atoms with Crippen LogP contribution in [-0.2, 0) is 11.2 Å². The summed E-state index contributed by atoms with van der Waals surface area (Å²) < 4.78 is 11.4. The lowest BCUT2D eigenvalue weighted by atomic mass is 9.78. The van der Waals surface area contributed by atoms with Crippen molar-refractivity contribution in [2.24, 2.45) is 11.8 Å². The summed E-state index contributed by atoms with van der Waals surface area (Å²) in [6.07, 6.45) is 3.94. The van der Waals surface area contributed by atoms with Crippen LogP contribution in [0.1, 0.15) is 74.5 Å². The average molecular weight is 479 g/mol. The van der Waals surface area contributed by atoms with Crippen LogP contribution < -0.4 is 14.8 Å². The molecule has 0 saturated heterocycles. The van der Waals surface area contributed by atoms with Crippen LogP contribution in [0.2, 0.25) is 0 Å². The summed E-state index contributed by atoms with van der Waals surface area (Å²) in [5.41, 5.74) is 2.46. The first-order chi connectivity index (χ1) is 16.9. The molecule has 2 aromatic rings. The van der Waals surface area contributed by atoms with Crippen LogP contribution in [0.25, 0.3) is 0 Å². The van der Waals surface area contributed by atoms with Gasteiger partial charge in [0.1, 0.15) is 6.04 Å². The number of carbonyl (C=O) groups excluding carboxylic acids is 2. The molecule has 6 heteroatoms. The van der Waals surface area contributed by atoms with Crippen LogP contribution in [0.5, 0.6) is 11.5 Å². The van der Waals surface area contributed by atoms with E-state index in [4.69, 9.17) is 9.47 Å². The van der Waals surface area contributed by atoms with Crippen molar-refractivity contribution in [1.82, 2.24) is 10.2 Å². The molecule has 0 spiro atoms. The maximum absolute atomic E-state index is 13.6. The number of amides is 2. The Kier molecular flexibility index (Phi) is 7.99. The zero-order valence-corrected chi connectivity index (χ0v) is 21.4. The second kappa shape index (κ2) is 11.1. The summed E-state index contributed by atoms with van der Waals surface area (Å²) in [7, 11) is 0. The minimum atomic E-state index is -0.600. The normalized spacial score (nSPS) is 23.7. The Morgan fingerprint density at radius 1 is 1.03 bits per heavy atom. The maximum atomic E-state index is 13.6. The molecular formula is C29H38N2O4. The van der Waals surface area contributed by atoms with E-state index in [9.17, 15) is 9.59 Å². The van der Waals surface area contributed by atoms with E-state index in [1.807, 2.05) is 56.3 Å². The van der Waals surface area contributed by atoms with Gasteiger partial charge in [-0.1, -0.05) is 51.0 Å². The molecule has 1 heterocycles. The Morgan fingerprint density at radius 2 is 1.77 bits per heavy atom. The van der Waals surface area contributed by atoms with Crippen molar-refractivity contribution in [3.8, 4) is 11.5 Å². The van der Waals surface area contributed by atoms with E-state index in [1.54, 1.807) is 4.90 Å². The maximum Gasteiger partial charge on any atom is 0.255 e. The minimum Gasteiger partial charge on any atom is -0.490 e. The van der Waals surface area contributed by atoms with Crippen molar-refractivity contribution in [3.63, 3.8) is 0 Å². The van der Waals surface area contributed by atoms with Crippen molar-refractivity contribution in [2.75, 3.05) is 19.8 Å². The van der Waals surface area contributed by atoms with Gasteiger partial charge in [0.05, 0.1) is 13.2 Å². The zero-order chi connectivity index (χ0) is 24.9. The highest BCUT2D eigenvalue weighted by Crippen LogP contribution is 2.36. The number of hydrogen-bond donors (Lipinski definition) is 1. The van der Waals surface area contributed by atoms with Gasteiger partial charge in [0.25, 0.3) is 5.91 Å². The molecule has 4 rings (SSSR count). The molecule has 1 saturated carbocycles. The molecule has 6 nitrogen and oxygen atoms in total. The van der Waals surface area contributed by atoms with E-state index in [2.05, 4.69) is 19.2 Å². The molecule has 1 aliphatic heterocycles. The molecule has 2 amide bonds. The fourth-order valence-electron chi connectivity index (χ4n) is 5.43. The van der Waals surface area contributed by atoms with Crippen molar-refractivity contribution in [2.45, 2.75) is 65.5 Å². The highest BCUT2D eigenvalue weighted by Gasteiger charge is 2.42. The molecule has 0 bridgehead atoms. The molecule has 0 aromatic heterocycles. The minimum absolute atomic E-state index is 0.0732. The molecule has 1 fully saturated rings. The second-order valence-electron chi connectivity index (χ2n) is 9.77. The number of carbonyl (C=O) groups is 2. The third-order valence-electron chi connectivity index (χ3n) is 7.59. The number of hydrogen-bond acceptors (Lipinski definition) is 4. The first-order valence-corrected chi connectivity index (χ1v) is 13.0. The summed E-state index contributed by atoms with van der Waals surface area (Å²) in [5.74, 6) is 2.28. The Labute approximate surface area is 209 Å². The van der Waals surface area contributed by atoms with Crippen LogP contribution in [0.4, 0.5) is 0 Å². The number of benzene rings is 2. The molecule has 0 radical (unpaired) electrons. The highest BCUT2D eigenvalue weighted by atomic mass is 16.5. The fourth-order valence-corrected chi connectivity index (χ4v) is 5.43. The molecule has 2 aliphatic rings. The SMILES string of the molecule is CCOc1ccc(CCN2C(=O)c3ccccc3[C@@H]2C(=O)N[C@@H]2CCC[C@H](C)[C@@H]2C)cc1OCC. The van der Waals surface area contributed by atoms with Crippen LogP contribution in [0.3, 0.4) is 0 Å². The van der Waals surface area contributed by atoms with Crippen LogP contribution in [0.15, 0.2) is 42.5 Å². The lowest BCUT2D eigenvalue weighted by Gasteiger charge is -2.36. The highest BCUT2D eigenvalue weighted by molar-refractivity contribution is 6.04. The number of nitrogens with zero attached hydrogens (tertiary/aromatic N) is 1. The van der Waals surface area contributed by atoms with Crippen molar-refractivity contribution in [3.05, 3.63) is 59.2 Å². The molecular weight excluding hydrogens is 440 g/mol. The second-order valence-corrected chi connectivity index (χ2v) is 9.77. The molecule has 35 heavy (non-hydrogen) atoms. The van der Waals surface area contributed by atoms with Gasteiger partial charge < -0.3 is 19.7 Å². The summed E-state index contributed by atoms with van der Waals surface area (Å²) in [4.78, 5) is 28.7. The summed E-state index contributed by atoms with van der Waals surface area (Å²) in [6.45, 7) is 9.93. The van der Waals surface area contributed by atoms with Gasteiger partial charge in [0.15, 0.2) is 11.5 Å². The largest absolute Gasteiger partial charge is 0.490 e. The Hall–Kier alpha value is -3.02. The lowest BCUT2D eigenvalue weighted by molar-refractivity contribution is -0.127. The summed E-state index contributed by atoms with van der Waals surface area (Å²) in [6, 6.07) is 12.9. The standard InChI is InChI=1S/C29H38N2O4/c1-5-34-25-15-14-21(18-26(25)35-6-2)16-17-31-27(22-11-7-8-12-23(22)29(31)33)28(32)30-24-13-9-10-19(3)20(24)4/h7-8,11-12,14-15,18-20,24,27H,5-6,9-10,13,16-17H2,1-4H3,(H,30,32)/t19-,20-,24+,27+/m0/s1. The van der Waals surface area contributed by atoms with Gasteiger partial charge in [-0.05, 0) is 67.9 Å². The van der Waals surface area contributed by atoms with E-state index in [-0.39, 0.29) is 17.9 Å². The number of nitrogens with one attached hydrogen (secondary N) is 1. The van der Waals surface area contributed by atoms with E-state index in [1.165, 1.54) is 6.42 Å². The zero-order valence-electron chi connectivity index (χ0n) is 21.4. The van der Waals surface area contributed by atoms with E-state index < -0.39 is 6.04 Å². The topological polar surface area (TPSA) is 67.9 Å². The predicted octanol–water partition coefficient (Wildman–Crippen LogP) is 5.16. The lowest BCUT2D eigenvalue weighted by Crippen LogP contribution is -2.48. The van der Waals surface area contributed by atoms with Gasteiger partial charge >= 0.3 is 0 Å².